The average molecular weight is 349 g/mol. The van der Waals surface area contributed by atoms with E-state index in [1.165, 1.54) is 6.07 Å². The molecule has 5 nitrogen and oxygen atoms in total. The summed E-state index contributed by atoms with van der Waals surface area (Å²) in [5, 5.41) is 22.7. The Kier molecular flexibility index (Phi) is 4.83. The van der Waals surface area contributed by atoms with E-state index < -0.39 is 0 Å². The fraction of sp³-hybridized carbons (Fsp3) is 0.389. The van der Waals surface area contributed by atoms with Gasteiger partial charge in [-0.2, -0.15) is 0 Å². The summed E-state index contributed by atoms with van der Waals surface area (Å²) in [6, 6.07) is 4.65. The van der Waals surface area contributed by atoms with Crippen molar-refractivity contribution in [2.24, 2.45) is 0 Å². The highest BCUT2D eigenvalue weighted by molar-refractivity contribution is 6.30. The maximum Gasteiger partial charge on any atom is 0.228 e. The van der Waals surface area contributed by atoms with Gasteiger partial charge in [-0.15, -0.1) is 0 Å². The number of aromatic hydroxyl groups is 1. The van der Waals surface area contributed by atoms with Crippen LogP contribution >= 0.6 is 11.6 Å². The fourth-order valence-corrected chi connectivity index (χ4v) is 3.33. The van der Waals surface area contributed by atoms with Crippen LogP contribution in [0, 0.1) is 0 Å². The van der Waals surface area contributed by atoms with E-state index in [1.807, 2.05) is 18.4 Å². The number of carbonyl (C=O) groups is 1. The van der Waals surface area contributed by atoms with Crippen molar-refractivity contribution in [3.05, 3.63) is 52.8 Å². The number of hydrogen-bond donors (Lipinski definition) is 3. The summed E-state index contributed by atoms with van der Waals surface area (Å²) in [5.41, 5.74) is 1.09. The summed E-state index contributed by atoms with van der Waals surface area (Å²) in [4.78, 5) is 14.3. The van der Waals surface area contributed by atoms with Gasteiger partial charge in [-0.05, 0) is 49.6 Å². The largest absolute Gasteiger partial charge is 0.508 e. The van der Waals surface area contributed by atoms with E-state index in [-0.39, 0.29) is 30.2 Å². The highest BCUT2D eigenvalue weighted by Crippen LogP contribution is 2.38. The Morgan fingerprint density at radius 1 is 1.38 bits per heavy atom. The van der Waals surface area contributed by atoms with E-state index >= 15 is 0 Å². The molecule has 3 rings (SSSR count). The number of nitrogens with one attached hydrogen (secondary N) is 1. The molecule has 2 aliphatic rings. The lowest BCUT2D eigenvalue weighted by Crippen LogP contribution is -2.54. The maximum atomic E-state index is 12.2. The third kappa shape index (κ3) is 3.42. The van der Waals surface area contributed by atoms with Crippen molar-refractivity contribution in [3.63, 3.8) is 0 Å². The Bertz CT molecular complexity index is 690. The molecule has 1 amide bonds. The third-order valence-corrected chi connectivity index (χ3v) is 5.04. The van der Waals surface area contributed by atoms with Gasteiger partial charge in [0, 0.05) is 29.0 Å². The molecule has 0 spiro atoms. The van der Waals surface area contributed by atoms with Crippen LogP contribution in [0.15, 0.2) is 42.2 Å². The van der Waals surface area contributed by atoms with Crippen LogP contribution < -0.4 is 5.32 Å². The second-order valence-electron chi connectivity index (χ2n) is 6.36. The van der Waals surface area contributed by atoms with Gasteiger partial charge >= 0.3 is 0 Å². The number of aliphatic hydroxyl groups excluding tert-OH is 1. The molecule has 0 unspecified atom stereocenters. The van der Waals surface area contributed by atoms with E-state index in [1.54, 1.807) is 12.1 Å². The molecule has 0 radical (unpaired) electrons. The van der Waals surface area contributed by atoms with Crippen LogP contribution in [-0.4, -0.2) is 39.7 Å². The highest BCUT2D eigenvalue weighted by atomic mass is 35.5. The number of allylic oxidation sites excluding steroid dienone is 1. The molecule has 3 N–H and O–H groups in total. The number of halogens is 1. The molecule has 0 atom stereocenters. The van der Waals surface area contributed by atoms with Crippen LogP contribution in [0.25, 0.3) is 0 Å². The van der Waals surface area contributed by atoms with Crippen LogP contribution in [0.3, 0.4) is 0 Å². The standard InChI is InChI=1S/C18H21ClN2O3/c19-14-2-3-16(23)13(10-14)11-17(24)20-15-4-8-21(9-5-15)18(12-22)6-1-7-18/h2-5,8,10,22-23H,1,6-7,9,11-12H2,(H,20,24). The Labute approximate surface area is 146 Å². The molecular weight excluding hydrogens is 328 g/mol. The molecule has 1 aromatic rings. The molecule has 24 heavy (non-hydrogen) atoms. The highest BCUT2D eigenvalue weighted by Gasteiger charge is 2.40. The Hall–Kier alpha value is -1.98. The number of phenols is 1. The molecule has 0 bridgehead atoms. The first-order valence-electron chi connectivity index (χ1n) is 8.06. The SMILES string of the molecule is O=C(Cc1cc(Cl)ccc1O)NC1=CCN(C2(CO)CCC2)C=C1. The van der Waals surface area contributed by atoms with E-state index in [2.05, 4.69) is 10.2 Å². The van der Waals surface area contributed by atoms with Gasteiger partial charge in [-0.25, -0.2) is 0 Å². The second kappa shape index (κ2) is 6.87. The second-order valence-corrected chi connectivity index (χ2v) is 6.80. The zero-order valence-electron chi connectivity index (χ0n) is 13.3. The molecule has 1 fully saturated rings. The van der Waals surface area contributed by atoms with Gasteiger partial charge in [-0.3, -0.25) is 4.79 Å². The number of carbonyl (C=O) groups excluding carboxylic acids is 1. The monoisotopic (exact) mass is 348 g/mol. The summed E-state index contributed by atoms with van der Waals surface area (Å²) in [6.07, 6.45) is 8.90. The van der Waals surface area contributed by atoms with Gasteiger partial charge in [0.05, 0.1) is 18.6 Å². The van der Waals surface area contributed by atoms with Gasteiger partial charge in [-0.1, -0.05) is 11.6 Å². The summed E-state index contributed by atoms with van der Waals surface area (Å²) >= 11 is 5.89. The van der Waals surface area contributed by atoms with Crippen LogP contribution in [0.5, 0.6) is 5.75 Å². The predicted molar refractivity (Wildman–Crippen MR) is 92.6 cm³/mol. The lowest BCUT2D eigenvalue weighted by Gasteiger charge is -2.49. The maximum absolute atomic E-state index is 12.2. The molecule has 1 heterocycles. The van der Waals surface area contributed by atoms with Gasteiger partial charge in [0.15, 0.2) is 0 Å². The topological polar surface area (TPSA) is 72.8 Å². The van der Waals surface area contributed by atoms with Crippen molar-refractivity contribution in [2.45, 2.75) is 31.2 Å². The van der Waals surface area contributed by atoms with Crippen molar-refractivity contribution in [3.8, 4) is 5.75 Å². The number of benzene rings is 1. The first kappa shape index (κ1) is 16.9. The molecule has 6 heteroatoms. The molecule has 1 aromatic carbocycles. The van der Waals surface area contributed by atoms with Crippen LogP contribution in [0.4, 0.5) is 0 Å². The molecule has 1 saturated carbocycles. The van der Waals surface area contributed by atoms with Crippen LogP contribution in [0.2, 0.25) is 5.02 Å². The molecule has 1 aliphatic heterocycles. The van der Waals surface area contributed by atoms with Crippen molar-refractivity contribution in [2.75, 3.05) is 13.2 Å². The Balaban J connectivity index is 1.57. The number of hydrogen-bond acceptors (Lipinski definition) is 4. The lowest BCUT2D eigenvalue weighted by atomic mass is 9.76. The fourth-order valence-electron chi connectivity index (χ4n) is 3.14. The smallest absolute Gasteiger partial charge is 0.228 e. The molecule has 1 aliphatic carbocycles. The van der Waals surface area contributed by atoms with Crippen molar-refractivity contribution >= 4 is 17.5 Å². The Morgan fingerprint density at radius 3 is 2.75 bits per heavy atom. The van der Waals surface area contributed by atoms with Crippen molar-refractivity contribution in [1.82, 2.24) is 10.2 Å². The minimum atomic E-state index is -0.211. The number of rotatable bonds is 5. The Morgan fingerprint density at radius 2 is 2.17 bits per heavy atom. The lowest BCUT2D eigenvalue weighted by molar-refractivity contribution is -0.119. The van der Waals surface area contributed by atoms with Gasteiger partial charge in [0.25, 0.3) is 0 Å². The number of aliphatic hydroxyl groups is 1. The summed E-state index contributed by atoms with van der Waals surface area (Å²) in [5.74, 6) is -0.152. The number of nitrogens with zero attached hydrogens (tertiary/aromatic N) is 1. The number of phenolic OH excluding ortho intramolecular Hbond substituents is 1. The van der Waals surface area contributed by atoms with E-state index in [0.717, 1.165) is 25.0 Å². The van der Waals surface area contributed by atoms with Gasteiger partial charge < -0.3 is 20.4 Å². The van der Waals surface area contributed by atoms with Crippen LogP contribution in [-0.2, 0) is 11.2 Å². The van der Waals surface area contributed by atoms with Gasteiger partial charge in [0.1, 0.15) is 5.75 Å². The van der Waals surface area contributed by atoms with Gasteiger partial charge in [0.2, 0.25) is 5.91 Å². The van der Waals surface area contributed by atoms with Crippen molar-refractivity contribution < 1.29 is 15.0 Å². The quantitative estimate of drug-likeness (QED) is 0.763. The van der Waals surface area contributed by atoms with E-state index in [4.69, 9.17) is 11.6 Å². The van der Waals surface area contributed by atoms with Crippen molar-refractivity contribution in [1.29, 1.82) is 0 Å². The number of amides is 1. The molecule has 0 aromatic heterocycles. The average Bonchev–Trinajstić information content (AvgIpc) is 2.52. The minimum absolute atomic E-state index is 0.0574. The van der Waals surface area contributed by atoms with E-state index in [9.17, 15) is 15.0 Å². The predicted octanol–water partition coefficient (Wildman–Crippen LogP) is 2.33. The normalized spacial score (nSPS) is 18.8. The van der Waals surface area contributed by atoms with Crippen LogP contribution in [0.1, 0.15) is 24.8 Å². The summed E-state index contributed by atoms with van der Waals surface area (Å²) in [7, 11) is 0. The molecule has 128 valence electrons. The first-order valence-corrected chi connectivity index (χ1v) is 8.43. The molecule has 0 saturated heterocycles. The zero-order chi connectivity index (χ0) is 17.2. The summed E-state index contributed by atoms with van der Waals surface area (Å²) in [6.45, 7) is 0.815. The molecular formula is C18H21ClN2O3. The third-order valence-electron chi connectivity index (χ3n) is 4.81. The zero-order valence-corrected chi connectivity index (χ0v) is 14.1. The first-order chi connectivity index (χ1) is 11.5. The summed E-state index contributed by atoms with van der Waals surface area (Å²) < 4.78 is 0. The van der Waals surface area contributed by atoms with E-state index in [0.29, 0.717) is 17.1 Å². The minimum Gasteiger partial charge on any atom is -0.508 e.